The topological polar surface area (TPSA) is 29.5 Å². The highest BCUT2D eigenvalue weighted by atomic mass is 35.5. The highest BCUT2D eigenvalue weighted by Gasteiger charge is 2.36. The molecular formula is C23H33ClO2Si. The van der Waals surface area contributed by atoms with Crippen molar-refractivity contribution in [1.82, 2.24) is 0 Å². The van der Waals surface area contributed by atoms with Gasteiger partial charge in [0.05, 0.1) is 27.4 Å². The van der Waals surface area contributed by atoms with Crippen LogP contribution >= 0.6 is 11.6 Å². The van der Waals surface area contributed by atoms with Crippen LogP contribution in [0.5, 0.6) is 0 Å². The van der Waals surface area contributed by atoms with Crippen LogP contribution in [-0.4, -0.2) is 31.8 Å². The molecule has 2 atom stereocenters. The van der Waals surface area contributed by atoms with Gasteiger partial charge in [0.15, 0.2) is 0 Å². The van der Waals surface area contributed by atoms with Crippen molar-refractivity contribution in [1.29, 1.82) is 0 Å². The minimum Gasteiger partial charge on any atom is -0.388 e. The van der Waals surface area contributed by atoms with E-state index in [2.05, 4.69) is 44.4 Å². The summed E-state index contributed by atoms with van der Waals surface area (Å²) < 4.78 is 5.84. The first-order valence-corrected chi connectivity index (χ1v) is 13.8. The number of rotatable bonds is 10. The van der Waals surface area contributed by atoms with E-state index in [1.54, 1.807) is 0 Å². The number of halogens is 1. The molecule has 0 fully saturated rings. The Bertz CT molecular complexity index is 673. The van der Waals surface area contributed by atoms with Crippen LogP contribution in [0.15, 0.2) is 65.4 Å². The molecule has 1 N–H and O–H groups in total. The highest BCUT2D eigenvalue weighted by Crippen LogP contribution is 2.39. The third-order valence-electron chi connectivity index (χ3n) is 5.05. The second-order valence-electron chi connectivity index (χ2n) is 8.20. The highest BCUT2D eigenvalue weighted by molar-refractivity contribution is 6.83. The Balaban J connectivity index is 2.12. The summed E-state index contributed by atoms with van der Waals surface area (Å²) in [4.78, 5) is 0. The van der Waals surface area contributed by atoms with Gasteiger partial charge in [-0.25, -0.2) is 0 Å². The standard InChI is InChI=1S/C23H33ClO2Si/c1-5-21-22(25)19(13-15-26-17-18-10-7-6-8-11-18)16-20(12-9-14-24)23(21)27(2,3)4/h5-8,10-11,16,21-22,25H,1,9,12-15,17H2,2-4H3. The first-order valence-electron chi connectivity index (χ1n) is 9.80. The first kappa shape index (κ1) is 22.2. The SMILES string of the molecule is C=CC1C([Si](C)(C)C)=C(CCCCl)C=C(CCOCc2ccccc2)C1O. The van der Waals surface area contributed by atoms with Gasteiger partial charge >= 0.3 is 0 Å². The number of allylic oxidation sites excluding steroid dienone is 2. The summed E-state index contributed by atoms with van der Waals surface area (Å²) in [6.07, 6.45) is 6.31. The molecule has 0 spiro atoms. The molecule has 4 heteroatoms. The maximum absolute atomic E-state index is 11.0. The van der Waals surface area contributed by atoms with Crippen molar-refractivity contribution >= 4 is 19.7 Å². The van der Waals surface area contributed by atoms with E-state index in [0.717, 1.165) is 24.8 Å². The van der Waals surface area contributed by atoms with Gasteiger partial charge in [0, 0.05) is 11.8 Å². The first-order chi connectivity index (χ1) is 12.9. The molecule has 1 aliphatic carbocycles. The summed E-state index contributed by atoms with van der Waals surface area (Å²) in [5, 5.41) is 12.4. The summed E-state index contributed by atoms with van der Waals surface area (Å²) in [5.41, 5.74) is 3.59. The third kappa shape index (κ3) is 6.18. The molecule has 2 nitrogen and oxygen atoms in total. The molecule has 1 aromatic rings. The third-order valence-corrected chi connectivity index (χ3v) is 7.59. The van der Waals surface area contributed by atoms with Crippen molar-refractivity contribution < 1.29 is 9.84 Å². The molecule has 2 unspecified atom stereocenters. The number of aliphatic hydroxyl groups excluding tert-OH is 1. The summed E-state index contributed by atoms with van der Waals surface area (Å²) in [7, 11) is -1.58. The summed E-state index contributed by atoms with van der Waals surface area (Å²) in [5.74, 6) is 0.670. The zero-order chi connectivity index (χ0) is 19.9. The predicted octanol–water partition coefficient (Wildman–Crippen LogP) is 5.89. The Hall–Kier alpha value is -1.13. The summed E-state index contributed by atoms with van der Waals surface area (Å²) in [6, 6.07) is 10.2. The van der Waals surface area contributed by atoms with Gasteiger partial charge in [-0.1, -0.05) is 72.9 Å². The van der Waals surface area contributed by atoms with Gasteiger partial charge in [0.1, 0.15) is 0 Å². The molecule has 0 aromatic heterocycles. The molecule has 1 aromatic carbocycles. The van der Waals surface area contributed by atoms with Crippen LogP contribution in [0.1, 0.15) is 24.8 Å². The van der Waals surface area contributed by atoms with Crippen LogP contribution in [0.25, 0.3) is 0 Å². The van der Waals surface area contributed by atoms with Crippen molar-refractivity contribution in [3.05, 3.63) is 71.0 Å². The Morgan fingerprint density at radius 2 is 1.89 bits per heavy atom. The zero-order valence-electron chi connectivity index (χ0n) is 16.9. The minimum atomic E-state index is -1.58. The Kier molecular flexibility index (Phi) is 8.55. The lowest BCUT2D eigenvalue weighted by molar-refractivity contribution is 0.112. The molecule has 0 heterocycles. The molecule has 1 aliphatic rings. The predicted molar refractivity (Wildman–Crippen MR) is 119 cm³/mol. The number of ether oxygens (including phenoxy) is 1. The van der Waals surface area contributed by atoms with Gasteiger partial charge in [-0.05, 0) is 30.4 Å². The van der Waals surface area contributed by atoms with Crippen LogP contribution < -0.4 is 0 Å². The molecule has 0 saturated heterocycles. The van der Waals surface area contributed by atoms with Gasteiger partial charge in [-0.3, -0.25) is 0 Å². The van der Waals surface area contributed by atoms with Crippen LogP contribution in [0, 0.1) is 5.92 Å². The smallest absolute Gasteiger partial charge is 0.0850 e. The fraction of sp³-hybridized carbons (Fsp3) is 0.478. The quantitative estimate of drug-likeness (QED) is 0.228. The zero-order valence-corrected chi connectivity index (χ0v) is 18.6. The van der Waals surface area contributed by atoms with E-state index < -0.39 is 14.2 Å². The van der Waals surface area contributed by atoms with E-state index in [4.69, 9.17) is 16.3 Å². The number of aliphatic hydroxyl groups is 1. The van der Waals surface area contributed by atoms with E-state index in [1.807, 2.05) is 24.3 Å². The number of alkyl halides is 1. The average molecular weight is 405 g/mol. The fourth-order valence-electron chi connectivity index (χ4n) is 3.86. The number of hydrogen-bond acceptors (Lipinski definition) is 2. The molecule has 0 radical (unpaired) electrons. The van der Waals surface area contributed by atoms with Crippen LogP contribution in [0.3, 0.4) is 0 Å². The summed E-state index contributed by atoms with van der Waals surface area (Å²) in [6.45, 7) is 12.3. The lowest BCUT2D eigenvalue weighted by Crippen LogP contribution is -2.38. The lowest BCUT2D eigenvalue weighted by Gasteiger charge is -2.37. The Morgan fingerprint density at radius 1 is 1.19 bits per heavy atom. The Morgan fingerprint density at radius 3 is 2.48 bits per heavy atom. The molecule has 0 aliphatic heterocycles. The largest absolute Gasteiger partial charge is 0.388 e. The second-order valence-corrected chi connectivity index (χ2v) is 13.6. The van der Waals surface area contributed by atoms with Crippen molar-refractivity contribution in [2.45, 2.75) is 51.6 Å². The second kappa shape index (κ2) is 10.4. The molecule has 0 saturated carbocycles. The van der Waals surface area contributed by atoms with Gasteiger partial charge in [0.2, 0.25) is 0 Å². The van der Waals surface area contributed by atoms with Crippen LogP contribution in [0.2, 0.25) is 19.6 Å². The van der Waals surface area contributed by atoms with Crippen LogP contribution in [-0.2, 0) is 11.3 Å². The van der Waals surface area contributed by atoms with Crippen molar-refractivity contribution in [3.8, 4) is 0 Å². The maximum Gasteiger partial charge on any atom is 0.0850 e. The fourth-order valence-corrected chi connectivity index (χ4v) is 6.43. The normalized spacial score (nSPS) is 20.6. The Labute approximate surface area is 170 Å². The van der Waals surface area contributed by atoms with Gasteiger partial charge in [-0.2, -0.15) is 0 Å². The van der Waals surface area contributed by atoms with E-state index in [-0.39, 0.29) is 5.92 Å². The van der Waals surface area contributed by atoms with E-state index in [0.29, 0.717) is 19.1 Å². The number of benzene rings is 1. The lowest BCUT2D eigenvalue weighted by atomic mass is 9.84. The van der Waals surface area contributed by atoms with Gasteiger partial charge < -0.3 is 9.84 Å². The molecule has 0 bridgehead atoms. The number of hydrogen-bond donors (Lipinski definition) is 1. The maximum atomic E-state index is 11.0. The monoisotopic (exact) mass is 404 g/mol. The molecule has 148 valence electrons. The average Bonchev–Trinajstić information content (AvgIpc) is 2.64. The molecule has 0 amide bonds. The van der Waals surface area contributed by atoms with E-state index in [9.17, 15) is 5.11 Å². The molecule has 27 heavy (non-hydrogen) atoms. The molecular weight excluding hydrogens is 372 g/mol. The van der Waals surface area contributed by atoms with Crippen molar-refractivity contribution in [2.75, 3.05) is 12.5 Å². The van der Waals surface area contributed by atoms with Gasteiger partial charge in [-0.15, -0.1) is 18.2 Å². The van der Waals surface area contributed by atoms with Crippen molar-refractivity contribution in [3.63, 3.8) is 0 Å². The van der Waals surface area contributed by atoms with E-state index >= 15 is 0 Å². The summed E-state index contributed by atoms with van der Waals surface area (Å²) >= 11 is 5.96. The minimum absolute atomic E-state index is 0.0103. The van der Waals surface area contributed by atoms with E-state index in [1.165, 1.54) is 16.3 Å². The van der Waals surface area contributed by atoms with Gasteiger partial charge in [0.25, 0.3) is 0 Å². The molecule has 2 rings (SSSR count). The van der Waals surface area contributed by atoms with Crippen molar-refractivity contribution in [2.24, 2.45) is 5.92 Å². The van der Waals surface area contributed by atoms with Crippen LogP contribution in [0.4, 0.5) is 0 Å².